The first kappa shape index (κ1) is 17.3. The summed E-state index contributed by atoms with van der Waals surface area (Å²) >= 11 is 0. The first-order valence-corrected chi connectivity index (χ1v) is 7.16. The van der Waals surface area contributed by atoms with Gasteiger partial charge in [-0.3, -0.25) is 4.79 Å². The van der Waals surface area contributed by atoms with E-state index in [1.54, 1.807) is 0 Å². The Balaban J connectivity index is 2.94. The Bertz CT molecular complexity index is 622. The van der Waals surface area contributed by atoms with Crippen LogP contribution in [0, 0.1) is 0 Å². The molecule has 0 aliphatic rings. The third-order valence-electron chi connectivity index (χ3n) is 2.49. The predicted molar refractivity (Wildman–Crippen MR) is 63.8 cm³/mol. The van der Waals surface area contributed by atoms with Crippen molar-refractivity contribution in [3.8, 4) is 0 Å². The van der Waals surface area contributed by atoms with Gasteiger partial charge in [-0.15, -0.1) is 0 Å². The molecule has 118 valence electrons. The van der Waals surface area contributed by atoms with Gasteiger partial charge in [0.15, 0.2) is 9.84 Å². The van der Waals surface area contributed by atoms with Crippen molar-refractivity contribution in [3.05, 3.63) is 24.3 Å². The lowest BCUT2D eigenvalue weighted by Crippen LogP contribution is -2.47. The number of amides is 1. The summed E-state index contributed by atoms with van der Waals surface area (Å²) in [6, 6.07) is 3.85. The van der Waals surface area contributed by atoms with E-state index in [9.17, 15) is 35.2 Å². The number of anilines is 1. The van der Waals surface area contributed by atoms with Gasteiger partial charge in [0.1, 0.15) is 0 Å². The molecule has 0 saturated carbocycles. The molecule has 0 unspecified atom stereocenters. The SMILES string of the molecule is CCS(=O)(=O)c1ccc(NC(=O)C(F)(F)C(F)(F)F)cc1. The van der Waals surface area contributed by atoms with Gasteiger partial charge in [0.25, 0.3) is 0 Å². The Morgan fingerprint density at radius 3 is 1.95 bits per heavy atom. The van der Waals surface area contributed by atoms with Gasteiger partial charge in [-0.05, 0) is 24.3 Å². The third-order valence-corrected chi connectivity index (χ3v) is 4.24. The van der Waals surface area contributed by atoms with Crippen molar-refractivity contribution in [2.75, 3.05) is 11.1 Å². The molecular weight excluding hydrogens is 321 g/mol. The topological polar surface area (TPSA) is 63.2 Å². The van der Waals surface area contributed by atoms with Crippen molar-refractivity contribution in [3.63, 3.8) is 0 Å². The van der Waals surface area contributed by atoms with E-state index < -0.39 is 27.8 Å². The quantitative estimate of drug-likeness (QED) is 0.863. The number of carbonyl (C=O) groups is 1. The van der Waals surface area contributed by atoms with E-state index in [4.69, 9.17) is 0 Å². The maximum absolute atomic E-state index is 12.7. The van der Waals surface area contributed by atoms with Gasteiger partial charge >= 0.3 is 18.0 Å². The molecule has 0 radical (unpaired) electrons. The van der Waals surface area contributed by atoms with Gasteiger partial charge in [-0.1, -0.05) is 6.92 Å². The largest absolute Gasteiger partial charge is 0.463 e. The highest BCUT2D eigenvalue weighted by atomic mass is 32.2. The second-order valence-corrected chi connectivity index (χ2v) is 6.23. The summed E-state index contributed by atoms with van der Waals surface area (Å²) in [7, 11) is -3.54. The molecule has 0 spiro atoms. The molecule has 0 bridgehead atoms. The molecule has 21 heavy (non-hydrogen) atoms. The fourth-order valence-corrected chi connectivity index (χ4v) is 2.13. The molecule has 4 nitrogen and oxygen atoms in total. The molecule has 0 saturated heterocycles. The van der Waals surface area contributed by atoms with Crippen LogP contribution in [0.5, 0.6) is 0 Å². The summed E-state index contributed by atoms with van der Waals surface area (Å²) in [6.45, 7) is 1.38. The number of hydrogen-bond donors (Lipinski definition) is 1. The molecule has 0 aromatic heterocycles. The van der Waals surface area contributed by atoms with Crippen LogP contribution in [0.15, 0.2) is 29.2 Å². The van der Waals surface area contributed by atoms with Crippen LogP contribution in [0.2, 0.25) is 0 Å². The zero-order valence-corrected chi connectivity index (χ0v) is 11.4. The Morgan fingerprint density at radius 1 is 1.10 bits per heavy atom. The van der Waals surface area contributed by atoms with Crippen molar-refractivity contribution in [2.45, 2.75) is 23.9 Å². The standard InChI is InChI=1S/C11H10F5NO3S/c1-2-21(19,20)8-5-3-7(4-6-8)17-9(18)10(12,13)11(14,15)16/h3-6H,2H2,1H3,(H,17,18). The summed E-state index contributed by atoms with van der Waals surface area (Å²) in [5, 5.41) is 1.38. The average Bonchev–Trinajstić information content (AvgIpc) is 2.38. The number of carbonyl (C=O) groups excluding carboxylic acids is 1. The molecule has 0 aliphatic heterocycles. The molecule has 0 atom stereocenters. The Morgan fingerprint density at radius 2 is 1.57 bits per heavy atom. The minimum atomic E-state index is -6.01. The number of nitrogens with one attached hydrogen (secondary N) is 1. The van der Waals surface area contributed by atoms with E-state index in [-0.39, 0.29) is 16.3 Å². The van der Waals surface area contributed by atoms with E-state index in [0.717, 1.165) is 24.3 Å². The van der Waals surface area contributed by atoms with Crippen molar-refractivity contribution in [1.29, 1.82) is 0 Å². The molecule has 10 heteroatoms. The van der Waals surface area contributed by atoms with E-state index >= 15 is 0 Å². The molecule has 1 rings (SSSR count). The molecule has 0 aliphatic carbocycles. The summed E-state index contributed by atoms with van der Waals surface area (Å²) in [6.07, 6.45) is -6.01. The molecule has 0 fully saturated rings. The van der Waals surface area contributed by atoms with Crippen LogP contribution in [-0.2, 0) is 14.6 Å². The molecule has 1 amide bonds. The number of benzene rings is 1. The van der Waals surface area contributed by atoms with Gasteiger partial charge < -0.3 is 5.32 Å². The minimum Gasteiger partial charge on any atom is -0.321 e. The summed E-state index contributed by atoms with van der Waals surface area (Å²) < 4.78 is 84.2. The fraction of sp³-hybridized carbons (Fsp3) is 0.364. The average molecular weight is 331 g/mol. The monoisotopic (exact) mass is 331 g/mol. The molecule has 1 aromatic rings. The van der Waals surface area contributed by atoms with Crippen LogP contribution < -0.4 is 5.32 Å². The fourth-order valence-electron chi connectivity index (χ4n) is 1.25. The summed E-state index contributed by atoms with van der Waals surface area (Å²) in [4.78, 5) is 10.8. The van der Waals surface area contributed by atoms with Gasteiger partial charge in [0, 0.05) is 5.69 Å². The number of alkyl halides is 5. The van der Waals surface area contributed by atoms with Gasteiger partial charge in [0.05, 0.1) is 10.6 Å². The normalized spacial score (nSPS) is 13.0. The van der Waals surface area contributed by atoms with E-state index in [1.807, 2.05) is 0 Å². The lowest BCUT2D eigenvalue weighted by molar-refractivity contribution is -0.267. The number of halogens is 5. The first-order chi connectivity index (χ1) is 9.41. The second-order valence-electron chi connectivity index (χ2n) is 3.95. The Labute approximate surface area is 116 Å². The minimum absolute atomic E-state index is 0.134. The van der Waals surface area contributed by atoms with E-state index in [0.29, 0.717) is 0 Å². The lowest BCUT2D eigenvalue weighted by atomic mass is 10.2. The van der Waals surface area contributed by atoms with Crippen LogP contribution in [0.3, 0.4) is 0 Å². The molecule has 1 N–H and O–H groups in total. The third kappa shape index (κ3) is 3.69. The van der Waals surface area contributed by atoms with Crippen molar-refractivity contribution < 1.29 is 35.2 Å². The summed E-state index contributed by atoms with van der Waals surface area (Å²) in [5.41, 5.74) is -0.376. The van der Waals surface area contributed by atoms with Crippen molar-refractivity contribution in [2.24, 2.45) is 0 Å². The zero-order chi connectivity index (χ0) is 16.5. The van der Waals surface area contributed by atoms with Gasteiger partial charge in [0.2, 0.25) is 0 Å². The Hall–Kier alpha value is -1.71. The maximum Gasteiger partial charge on any atom is 0.463 e. The van der Waals surface area contributed by atoms with Crippen LogP contribution >= 0.6 is 0 Å². The van der Waals surface area contributed by atoms with Crippen LogP contribution in [-0.4, -0.2) is 32.2 Å². The molecule has 0 heterocycles. The number of rotatable bonds is 4. The number of sulfone groups is 1. The van der Waals surface area contributed by atoms with E-state index in [2.05, 4.69) is 0 Å². The predicted octanol–water partition coefficient (Wildman–Crippen LogP) is 2.62. The van der Waals surface area contributed by atoms with Gasteiger partial charge in [-0.25, -0.2) is 8.42 Å². The second kappa shape index (κ2) is 5.58. The summed E-state index contributed by atoms with van der Waals surface area (Å²) in [5.74, 6) is -8.28. The maximum atomic E-state index is 12.7. The van der Waals surface area contributed by atoms with Crippen LogP contribution in [0.1, 0.15) is 6.92 Å². The van der Waals surface area contributed by atoms with Crippen molar-refractivity contribution >= 4 is 21.4 Å². The highest BCUT2D eigenvalue weighted by molar-refractivity contribution is 7.91. The van der Waals surface area contributed by atoms with Crippen molar-refractivity contribution in [1.82, 2.24) is 0 Å². The molecule has 1 aromatic carbocycles. The van der Waals surface area contributed by atoms with Crippen LogP contribution in [0.4, 0.5) is 27.6 Å². The lowest BCUT2D eigenvalue weighted by Gasteiger charge is -2.18. The highest BCUT2D eigenvalue weighted by Crippen LogP contribution is 2.36. The Kier molecular flexibility index (Phi) is 4.61. The number of hydrogen-bond acceptors (Lipinski definition) is 3. The zero-order valence-electron chi connectivity index (χ0n) is 10.5. The smallest absolute Gasteiger partial charge is 0.321 e. The molecular formula is C11H10F5NO3S. The first-order valence-electron chi connectivity index (χ1n) is 5.50. The van der Waals surface area contributed by atoms with Gasteiger partial charge in [-0.2, -0.15) is 22.0 Å². The highest BCUT2D eigenvalue weighted by Gasteiger charge is 2.63. The van der Waals surface area contributed by atoms with Crippen LogP contribution in [0.25, 0.3) is 0 Å². The van der Waals surface area contributed by atoms with E-state index in [1.165, 1.54) is 12.2 Å².